The van der Waals surface area contributed by atoms with Gasteiger partial charge in [-0.1, -0.05) is 17.7 Å². The van der Waals surface area contributed by atoms with Gasteiger partial charge in [0.25, 0.3) is 11.1 Å². The first kappa shape index (κ1) is 19.9. The molecule has 0 N–H and O–H groups in total. The van der Waals surface area contributed by atoms with Crippen LogP contribution in [0.15, 0.2) is 39.7 Å². The fraction of sp³-hybridized carbons (Fsp3) is 0.158. The number of nitrogens with zero attached hydrogens (tertiary/aromatic N) is 1. The van der Waals surface area contributed by atoms with Crippen molar-refractivity contribution in [3.63, 3.8) is 0 Å². The summed E-state index contributed by atoms with van der Waals surface area (Å²) in [5, 5.41) is -0.244. The fourth-order valence-electron chi connectivity index (χ4n) is 2.50. The van der Waals surface area contributed by atoms with E-state index in [4.69, 9.17) is 16.0 Å². The van der Waals surface area contributed by atoms with Crippen LogP contribution in [-0.2, 0) is 14.3 Å². The van der Waals surface area contributed by atoms with Crippen molar-refractivity contribution in [1.82, 2.24) is 4.90 Å². The summed E-state index contributed by atoms with van der Waals surface area (Å²) in [7, 11) is 1.18. The minimum atomic E-state index is -0.685. The van der Waals surface area contributed by atoms with Crippen molar-refractivity contribution < 1.29 is 28.3 Å². The first-order chi connectivity index (χ1) is 13.3. The van der Waals surface area contributed by atoms with Crippen LogP contribution in [-0.4, -0.2) is 41.5 Å². The van der Waals surface area contributed by atoms with E-state index in [0.29, 0.717) is 39.4 Å². The van der Waals surface area contributed by atoms with Crippen LogP contribution in [0.25, 0.3) is 17.4 Å². The number of ether oxygens (including phenoxy) is 1. The number of carbonyl (C=O) groups excluding carboxylic acids is 4. The summed E-state index contributed by atoms with van der Waals surface area (Å²) in [5.41, 5.74) is 1.07. The average Bonchev–Trinajstić information content (AvgIpc) is 3.21. The number of halogens is 1. The summed E-state index contributed by atoms with van der Waals surface area (Å²) >= 11 is 6.83. The zero-order valence-electron chi connectivity index (χ0n) is 14.9. The lowest BCUT2D eigenvalue weighted by molar-refractivity contribution is -0.143. The molecule has 0 saturated carbocycles. The molecule has 2 aromatic rings. The van der Waals surface area contributed by atoms with Crippen LogP contribution in [0.1, 0.15) is 23.0 Å². The molecule has 0 atom stereocenters. The maximum Gasteiger partial charge on any atom is 0.325 e. The van der Waals surface area contributed by atoms with Gasteiger partial charge < -0.3 is 9.15 Å². The monoisotopic (exact) mass is 419 g/mol. The Kier molecular flexibility index (Phi) is 5.71. The van der Waals surface area contributed by atoms with Crippen LogP contribution < -0.4 is 0 Å². The Labute approximate surface area is 169 Å². The van der Waals surface area contributed by atoms with Crippen molar-refractivity contribution in [2.45, 2.75) is 6.92 Å². The smallest absolute Gasteiger partial charge is 0.325 e. The number of methoxy groups -OCH3 is 1. The second kappa shape index (κ2) is 8.04. The second-order valence-corrected chi connectivity index (χ2v) is 7.20. The summed E-state index contributed by atoms with van der Waals surface area (Å²) < 4.78 is 10.2. The molecule has 0 spiro atoms. The van der Waals surface area contributed by atoms with E-state index in [1.807, 2.05) is 0 Å². The van der Waals surface area contributed by atoms with E-state index < -0.39 is 23.7 Å². The third-order valence-electron chi connectivity index (χ3n) is 3.92. The van der Waals surface area contributed by atoms with Crippen LogP contribution >= 0.6 is 23.4 Å². The number of benzene rings is 1. The predicted octanol–water partition coefficient (Wildman–Crippen LogP) is 4.01. The molecule has 0 aliphatic carbocycles. The van der Waals surface area contributed by atoms with Gasteiger partial charge in [-0.25, -0.2) is 0 Å². The number of carbonyl (C=O) groups is 4. The van der Waals surface area contributed by atoms with Gasteiger partial charge in [-0.15, -0.1) is 0 Å². The maximum absolute atomic E-state index is 12.3. The second-order valence-electron chi connectivity index (χ2n) is 5.80. The number of hydrogen-bond acceptors (Lipinski definition) is 7. The molecule has 3 rings (SSSR count). The van der Waals surface area contributed by atoms with Crippen molar-refractivity contribution >= 4 is 52.3 Å². The number of hydrogen-bond donors (Lipinski definition) is 0. The molecule has 2 heterocycles. The van der Waals surface area contributed by atoms with Gasteiger partial charge in [0, 0.05) is 17.2 Å². The Hall–Kier alpha value is -2.84. The highest BCUT2D eigenvalue weighted by Gasteiger charge is 2.36. The Morgan fingerprint density at radius 1 is 1.25 bits per heavy atom. The Morgan fingerprint density at radius 2 is 2.00 bits per heavy atom. The van der Waals surface area contributed by atoms with Crippen LogP contribution in [0.2, 0.25) is 5.02 Å². The summed E-state index contributed by atoms with van der Waals surface area (Å²) in [6.07, 6.45) is 1.43. The first-order valence-electron chi connectivity index (χ1n) is 8.03. The fourth-order valence-corrected chi connectivity index (χ4v) is 3.63. The van der Waals surface area contributed by atoms with Crippen LogP contribution in [0, 0.1) is 0 Å². The van der Waals surface area contributed by atoms with Crippen molar-refractivity contribution in [3.8, 4) is 11.3 Å². The van der Waals surface area contributed by atoms with E-state index in [2.05, 4.69) is 4.74 Å². The largest absolute Gasteiger partial charge is 0.468 e. The molecular formula is C19H14ClNO6S. The van der Waals surface area contributed by atoms with Crippen LogP contribution in [0.4, 0.5) is 4.79 Å². The molecule has 28 heavy (non-hydrogen) atoms. The molecule has 1 aromatic carbocycles. The highest BCUT2D eigenvalue weighted by atomic mass is 35.5. The van der Waals surface area contributed by atoms with E-state index in [0.717, 1.165) is 4.90 Å². The van der Waals surface area contributed by atoms with Gasteiger partial charge in [0.1, 0.15) is 18.1 Å². The highest BCUT2D eigenvalue weighted by Crippen LogP contribution is 2.33. The minimum absolute atomic E-state index is 0.139. The quantitative estimate of drug-likeness (QED) is 0.410. The van der Waals surface area contributed by atoms with Gasteiger partial charge in [0.05, 0.1) is 17.0 Å². The van der Waals surface area contributed by atoms with Crippen molar-refractivity contribution in [1.29, 1.82) is 0 Å². The lowest BCUT2D eigenvalue weighted by Gasteiger charge is -2.09. The molecule has 9 heteroatoms. The normalized spacial score (nSPS) is 15.4. The van der Waals surface area contributed by atoms with E-state index >= 15 is 0 Å². The zero-order chi connectivity index (χ0) is 20.4. The Morgan fingerprint density at radius 3 is 2.64 bits per heavy atom. The topological polar surface area (TPSA) is 93.9 Å². The number of amides is 2. The lowest BCUT2D eigenvalue weighted by atomic mass is 10.1. The number of rotatable bonds is 5. The van der Waals surface area contributed by atoms with E-state index in [1.165, 1.54) is 20.1 Å². The highest BCUT2D eigenvalue weighted by molar-refractivity contribution is 8.18. The molecule has 1 aromatic heterocycles. The van der Waals surface area contributed by atoms with E-state index in [-0.39, 0.29) is 10.7 Å². The third-order valence-corrected chi connectivity index (χ3v) is 5.14. The van der Waals surface area contributed by atoms with E-state index in [9.17, 15) is 19.2 Å². The average molecular weight is 420 g/mol. The SMILES string of the molecule is COC(=O)CN1C(=O)S/C(=C/c2ccc(-c3ccc(C(C)=O)c(Cl)c3)o2)C1=O. The summed E-state index contributed by atoms with van der Waals surface area (Å²) in [4.78, 5) is 48.0. The van der Waals surface area contributed by atoms with Gasteiger partial charge in [-0.2, -0.15) is 0 Å². The van der Waals surface area contributed by atoms with Crippen LogP contribution in [0.3, 0.4) is 0 Å². The van der Waals surface area contributed by atoms with Crippen LogP contribution in [0.5, 0.6) is 0 Å². The zero-order valence-corrected chi connectivity index (χ0v) is 16.4. The molecule has 1 aliphatic heterocycles. The number of esters is 1. The molecular weight excluding hydrogens is 406 g/mol. The van der Waals surface area contributed by atoms with E-state index in [1.54, 1.807) is 30.3 Å². The van der Waals surface area contributed by atoms with Gasteiger partial charge in [0.2, 0.25) is 0 Å². The number of furan rings is 1. The molecule has 144 valence electrons. The van der Waals surface area contributed by atoms with Crippen molar-refractivity contribution in [2.24, 2.45) is 0 Å². The maximum atomic E-state index is 12.3. The minimum Gasteiger partial charge on any atom is -0.468 e. The number of thioether (sulfide) groups is 1. The number of imide groups is 1. The molecule has 1 fully saturated rings. The Balaban J connectivity index is 1.82. The van der Waals surface area contributed by atoms with Gasteiger partial charge in [-0.05, 0) is 43.0 Å². The number of ketones is 1. The summed E-state index contributed by atoms with van der Waals surface area (Å²) in [6, 6.07) is 8.25. The first-order valence-corrected chi connectivity index (χ1v) is 9.22. The van der Waals surface area contributed by atoms with Crippen molar-refractivity contribution in [3.05, 3.63) is 51.6 Å². The third kappa shape index (κ3) is 4.02. The molecule has 2 amide bonds. The number of Topliss-reactive ketones (excluding diaryl/α,β-unsaturated/α-hetero) is 1. The predicted molar refractivity (Wildman–Crippen MR) is 104 cm³/mol. The van der Waals surface area contributed by atoms with Gasteiger partial charge >= 0.3 is 5.97 Å². The lowest BCUT2D eigenvalue weighted by Crippen LogP contribution is -2.34. The summed E-state index contributed by atoms with van der Waals surface area (Å²) in [6.45, 7) is 0.988. The van der Waals surface area contributed by atoms with Crippen molar-refractivity contribution in [2.75, 3.05) is 13.7 Å². The van der Waals surface area contributed by atoms with Gasteiger partial charge in [-0.3, -0.25) is 24.1 Å². The summed E-state index contributed by atoms with van der Waals surface area (Å²) in [5.74, 6) is -0.580. The molecule has 0 radical (unpaired) electrons. The molecule has 7 nitrogen and oxygen atoms in total. The molecule has 0 unspecified atom stereocenters. The Bertz CT molecular complexity index is 1030. The molecule has 1 aliphatic rings. The van der Waals surface area contributed by atoms with Gasteiger partial charge in [0.15, 0.2) is 5.78 Å². The molecule has 0 bridgehead atoms. The molecule has 1 saturated heterocycles. The standard InChI is InChI=1S/C19H14ClNO6S/c1-10(22)13-5-3-11(7-14(13)20)15-6-4-12(27-15)8-16-18(24)21(19(25)28-16)9-17(23)26-2/h3-8H,9H2,1-2H3/b16-8+.